The molecule has 0 saturated carbocycles. The Morgan fingerprint density at radius 1 is 0.895 bits per heavy atom. The third kappa shape index (κ3) is 5.62. The molecule has 19 heavy (non-hydrogen) atoms. The molecule has 0 saturated heterocycles. The molecule has 0 heterocycles. The number of rotatable bonds is 9. The van der Waals surface area contributed by atoms with E-state index in [0.717, 1.165) is 38.4 Å². The van der Waals surface area contributed by atoms with E-state index in [4.69, 9.17) is 5.73 Å². The third-order valence-electron chi connectivity index (χ3n) is 3.74. The number of hydrogen-bond acceptors (Lipinski definition) is 3. The zero-order valence-corrected chi connectivity index (χ0v) is 12.7. The minimum atomic E-state index is 0.907. The van der Waals surface area contributed by atoms with E-state index in [-0.39, 0.29) is 0 Å². The molecule has 3 heteroatoms. The molecular weight excluding hydrogens is 234 g/mol. The first-order chi connectivity index (χ1) is 9.21. The first-order valence-corrected chi connectivity index (χ1v) is 7.49. The minimum Gasteiger partial charge on any atom is -0.398 e. The number of nitrogens with zero attached hydrogens (tertiary/aromatic N) is 2. The normalized spacial score (nSPS) is 11.4. The van der Waals surface area contributed by atoms with Crippen molar-refractivity contribution in [3.05, 3.63) is 29.8 Å². The second kappa shape index (κ2) is 8.94. The highest BCUT2D eigenvalue weighted by Gasteiger charge is 2.06. The largest absolute Gasteiger partial charge is 0.398 e. The van der Waals surface area contributed by atoms with Crippen LogP contribution in [0, 0.1) is 0 Å². The first-order valence-electron chi connectivity index (χ1n) is 7.49. The first kappa shape index (κ1) is 16.0. The van der Waals surface area contributed by atoms with E-state index in [1.165, 1.54) is 18.5 Å². The smallest absolute Gasteiger partial charge is 0.0359 e. The van der Waals surface area contributed by atoms with Crippen LogP contribution in [-0.2, 0) is 6.54 Å². The predicted molar refractivity (Wildman–Crippen MR) is 84.2 cm³/mol. The zero-order chi connectivity index (χ0) is 14.1. The van der Waals surface area contributed by atoms with Crippen LogP contribution in [0.5, 0.6) is 0 Å². The van der Waals surface area contributed by atoms with Gasteiger partial charge in [0.1, 0.15) is 0 Å². The monoisotopic (exact) mass is 263 g/mol. The van der Waals surface area contributed by atoms with Crippen molar-refractivity contribution in [2.75, 3.05) is 38.5 Å². The van der Waals surface area contributed by atoms with Gasteiger partial charge in [0.05, 0.1) is 0 Å². The Kier molecular flexibility index (Phi) is 7.53. The van der Waals surface area contributed by atoms with Crippen molar-refractivity contribution in [1.82, 2.24) is 9.80 Å². The molecule has 0 spiro atoms. The molecule has 108 valence electrons. The van der Waals surface area contributed by atoms with Gasteiger partial charge in [-0.25, -0.2) is 0 Å². The lowest BCUT2D eigenvalue weighted by molar-refractivity contribution is 0.239. The number of nitrogen functional groups attached to an aromatic ring is 1. The van der Waals surface area contributed by atoms with Crippen LogP contribution >= 0.6 is 0 Å². The van der Waals surface area contributed by atoms with E-state index in [1.807, 2.05) is 12.1 Å². The molecule has 0 aliphatic heterocycles. The molecule has 0 unspecified atom stereocenters. The maximum absolute atomic E-state index is 6.01. The minimum absolute atomic E-state index is 0.907. The molecule has 0 fully saturated rings. The summed E-state index contributed by atoms with van der Waals surface area (Å²) in [5.41, 5.74) is 8.16. The molecule has 0 aromatic heterocycles. The average molecular weight is 263 g/mol. The Bertz CT molecular complexity index is 348. The van der Waals surface area contributed by atoms with Gasteiger partial charge in [-0.3, -0.25) is 4.90 Å². The molecule has 3 nitrogen and oxygen atoms in total. The van der Waals surface area contributed by atoms with Gasteiger partial charge in [0.25, 0.3) is 0 Å². The summed E-state index contributed by atoms with van der Waals surface area (Å²) in [4.78, 5) is 4.94. The molecule has 0 aliphatic carbocycles. The lowest BCUT2D eigenvalue weighted by Crippen LogP contribution is -2.30. The quantitative estimate of drug-likeness (QED) is 0.695. The molecule has 1 aromatic rings. The molecule has 1 rings (SSSR count). The summed E-state index contributed by atoms with van der Waals surface area (Å²) in [6, 6.07) is 8.17. The fraction of sp³-hybridized carbons (Fsp3) is 0.625. The molecule has 2 N–H and O–H groups in total. The lowest BCUT2D eigenvalue weighted by Gasteiger charge is -2.24. The number of benzene rings is 1. The molecule has 0 aliphatic rings. The van der Waals surface area contributed by atoms with Crippen molar-refractivity contribution in [3.8, 4) is 0 Å². The van der Waals surface area contributed by atoms with Crippen LogP contribution in [0.25, 0.3) is 0 Å². The van der Waals surface area contributed by atoms with Crippen LogP contribution in [0.15, 0.2) is 24.3 Å². The standard InChI is InChI=1S/C16H29N3/c1-4-18(5-2)12-9-13-19(6-3)14-15-10-7-8-11-16(15)17/h7-8,10-11H,4-6,9,12-14,17H2,1-3H3. The van der Waals surface area contributed by atoms with Crippen molar-refractivity contribution < 1.29 is 0 Å². The Morgan fingerprint density at radius 2 is 1.47 bits per heavy atom. The molecule has 0 amide bonds. The summed E-state index contributed by atoms with van der Waals surface area (Å²) in [5.74, 6) is 0. The van der Waals surface area contributed by atoms with Crippen LogP contribution in [0.2, 0.25) is 0 Å². The number of para-hydroxylation sites is 1. The van der Waals surface area contributed by atoms with Crippen LogP contribution in [-0.4, -0.2) is 42.5 Å². The Hall–Kier alpha value is -1.06. The Labute approximate surface area is 118 Å². The van der Waals surface area contributed by atoms with E-state index in [2.05, 4.69) is 42.7 Å². The van der Waals surface area contributed by atoms with Crippen LogP contribution in [0.4, 0.5) is 5.69 Å². The van der Waals surface area contributed by atoms with Gasteiger partial charge < -0.3 is 10.6 Å². The topological polar surface area (TPSA) is 32.5 Å². The molecular formula is C16H29N3. The summed E-state index contributed by atoms with van der Waals surface area (Å²) in [5, 5.41) is 0. The van der Waals surface area contributed by atoms with E-state index in [9.17, 15) is 0 Å². The zero-order valence-electron chi connectivity index (χ0n) is 12.7. The van der Waals surface area contributed by atoms with Crippen LogP contribution < -0.4 is 5.73 Å². The van der Waals surface area contributed by atoms with Crippen molar-refractivity contribution in [3.63, 3.8) is 0 Å². The maximum Gasteiger partial charge on any atom is 0.0359 e. The number of nitrogens with two attached hydrogens (primary N) is 1. The molecule has 0 bridgehead atoms. The second-order valence-corrected chi connectivity index (χ2v) is 4.95. The predicted octanol–water partition coefficient (Wildman–Crippen LogP) is 2.82. The van der Waals surface area contributed by atoms with Gasteiger partial charge in [-0.15, -0.1) is 0 Å². The SMILES string of the molecule is CCN(CC)CCCN(CC)Cc1ccccc1N. The van der Waals surface area contributed by atoms with Gasteiger partial charge in [0.15, 0.2) is 0 Å². The van der Waals surface area contributed by atoms with Crippen molar-refractivity contribution in [2.45, 2.75) is 33.7 Å². The number of hydrogen-bond donors (Lipinski definition) is 1. The summed E-state index contributed by atoms with van der Waals surface area (Å²) >= 11 is 0. The lowest BCUT2D eigenvalue weighted by atomic mass is 10.1. The van der Waals surface area contributed by atoms with Gasteiger partial charge in [-0.2, -0.15) is 0 Å². The van der Waals surface area contributed by atoms with Gasteiger partial charge >= 0.3 is 0 Å². The van der Waals surface area contributed by atoms with E-state index < -0.39 is 0 Å². The fourth-order valence-electron chi connectivity index (χ4n) is 2.33. The highest BCUT2D eigenvalue weighted by atomic mass is 15.1. The van der Waals surface area contributed by atoms with Gasteiger partial charge in [-0.1, -0.05) is 39.0 Å². The molecule has 0 atom stereocenters. The van der Waals surface area contributed by atoms with Gasteiger partial charge in [0.2, 0.25) is 0 Å². The maximum atomic E-state index is 6.01. The number of anilines is 1. The average Bonchev–Trinajstić information content (AvgIpc) is 2.44. The van der Waals surface area contributed by atoms with E-state index in [0.29, 0.717) is 0 Å². The van der Waals surface area contributed by atoms with Gasteiger partial charge in [-0.05, 0) is 50.8 Å². The summed E-state index contributed by atoms with van der Waals surface area (Å²) < 4.78 is 0. The third-order valence-corrected chi connectivity index (χ3v) is 3.74. The Balaban J connectivity index is 2.40. The van der Waals surface area contributed by atoms with E-state index >= 15 is 0 Å². The molecule has 1 aromatic carbocycles. The molecule has 0 radical (unpaired) electrons. The van der Waals surface area contributed by atoms with Crippen molar-refractivity contribution >= 4 is 5.69 Å². The van der Waals surface area contributed by atoms with Crippen LogP contribution in [0.1, 0.15) is 32.8 Å². The highest BCUT2D eigenvalue weighted by molar-refractivity contribution is 5.46. The van der Waals surface area contributed by atoms with Crippen molar-refractivity contribution in [1.29, 1.82) is 0 Å². The summed E-state index contributed by atoms with van der Waals surface area (Å²) in [7, 11) is 0. The van der Waals surface area contributed by atoms with Gasteiger partial charge in [0, 0.05) is 12.2 Å². The fourth-order valence-corrected chi connectivity index (χ4v) is 2.33. The summed E-state index contributed by atoms with van der Waals surface area (Å²) in [6.07, 6.45) is 1.22. The summed E-state index contributed by atoms with van der Waals surface area (Å²) in [6.45, 7) is 13.3. The Morgan fingerprint density at radius 3 is 2.05 bits per heavy atom. The second-order valence-electron chi connectivity index (χ2n) is 4.95. The van der Waals surface area contributed by atoms with Crippen LogP contribution in [0.3, 0.4) is 0 Å². The highest BCUT2D eigenvalue weighted by Crippen LogP contribution is 2.13. The van der Waals surface area contributed by atoms with Crippen molar-refractivity contribution in [2.24, 2.45) is 0 Å². The van der Waals surface area contributed by atoms with E-state index in [1.54, 1.807) is 0 Å².